The predicted octanol–water partition coefficient (Wildman–Crippen LogP) is 15.7. The Morgan fingerprint density at radius 3 is 1.42 bits per heavy atom. The lowest BCUT2D eigenvalue weighted by atomic mass is 10.0. The minimum atomic E-state index is -4.60. The number of nitrogens with one attached hydrogen (secondary N) is 1. The number of phosphoric ester groups is 1. The number of likely N-dealkylation sites (N-methyl/N-ethyl adjacent to an activating group) is 1. The van der Waals surface area contributed by atoms with Gasteiger partial charge in [-0.3, -0.25) is 9.36 Å². The Labute approximate surface area is 403 Å². The molecule has 0 radical (unpaired) electrons. The molecule has 0 rings (SSSR count). The summed E-state index contributed by atoms with van der Waals surface area (Å²) in [5.41, 5.74) is 0. The fourth-order valence-electron chi connectivity index (χ4n) is 7.97. The van der Waals surface area contributed by atoms with E-state index in [4.69, 9.17) is 9.05 Å². The number of allylic oxidation sites excluding steroid dienone is 7. The highest BCUT2D eigenvalue weighted by Crippen LogP contribution is 2.38. The lowest BCUT2D eigenvalue weighted by Crippen LogP contribution is -2.45. The van der Waals surface area contributed by atoms with Crippen molar-refractivity contribution in [2.45, 2.75) is 264 Å². The van der Waals surface area contributed by atoms with Crippen LogP contribution in [-0.2, 0) is 18.4 Å². The molecule has 65 heavy (non-hydrogen) atoms. The van der Waals surface area contributed by atoms with Crippen molar-refractivity contribution in [2.75, 3.05) is 40.9 Å². The maximum absolute atomic E-state index is 12.9. The van der Waals surface area contributed by atoms with Crippen LogP contribution in [0.3, 0.4) is 0 Å². The van der Waals surface area contributed by atoms with E-state index in [1.807, 2.05) is 27.2 Å². The van der Waals surface area contributed by atoms with Crippen LogP contribution in [0.25, 0.3) is 0 Å². The van der Waals surface area contributed by atoms with Gasteiger partial charge in [-0.2, -0.15) is 0 Å². The van der Waals surface area contributed by atoms with Gasteiger partial charge in [-0.25, -0.2) is 0 Å². The van der Waals surface area contributed by atoms with Crippen LogP contribution in [0.15, 0.2) is 48.6 Å². The lowest BCUT2D eigenvalue weighted by Gasteiger charge is -2.29. The minimum Gasteiger partial charge on any atom is -0.756 e. The van der Waals surface area contributed by atoms with Crippen molar-refractivity contribution in [3.05, 3.63) is 48.6 Å². The minimum absolute atomic E-state index is 0.00651. The molecule has 9 heteroatoms. The Morgan fingerprint density at radius 1 is 0.554 bits per heavy atom. The molecule has 0 heterocycles. The number of carbonyl (C=O) groups excluding carboxylic acids is 1. The number of amides is 1. The monoisotopic (exact) mass is 935 g/mol. The third kappa shape index (κ3) is 50.2. The third-order valence-electron chi connectivity index (χ3n) is 12.3. The highest BCUT2D eigenvalue weighted by molar-refractivity contribution is 7.45. The standard InChI is InChI=1S/C56H107N2O6P/c1-6-8-10-12-14-16-18-20-22-24-26-28-30-31-33-35-37-39-41-43-45-47-49-55(59)54(53-64-65(61,62)63-52-51-58(3,4)5)57-56(60)50-48-46-44-42-40-38-36-34-32-29-27-25-23-21-19-17-15-13-11-9-7-2/h9,11,15,17,39,41,47,49,54-55,59H,6-8,10,12-14,16,18-38,40,42-46,48,50-53H2,1-5H3,(H-,57,60,61,62)/b11-9-,17-15-,41-39+,49-47+. The summed E-state index contributed by atoms with van der Waals surface area (Å²) in [6.45, 7) is 4.55. The van der Waals surface area contributed by atoms with Crippen LogP contribution in [-0.4, -0.2) is 68.5 Å². The van der Waals surface area contributed by atoms with Crippen LogP contribution in [0.1, 0.15) is 251 Å². The molecule has 0 bridgehead atoms. The summed E-state index contributed by atoms with van der Waals surface area (Å²) >= 11 is 0. The maximum atomic E-state index is 12.9. The second-order valence-corrected chi connectivity index (χ2v) is 21.3. The summed E-state index contributed by atoms with van der Waals surface area (Å²) in [6.07, 6.45) is 61.8. The zero-order valence-corrected chi connectivity index (χ0v) is 44.3. The summed E-state index contributed by atoms with van der Waals surface area (Å²) in [7, 11) is 1.25. The lowest BCUT2D eigenvalue weighted by molar-refractivity contribution is -0.870. The Hall–Kier alpha value is -1.54. The van der Waals surface area contributed by atoms with E-state index in [-0.39, 0.29) is 12.5 Å². The van der Waals surface area contributed by atoms with Gasteiger partial charge < -0.3 is 28.8 Å². The van der Waals surface area contributed by atoms with E-state index < -0.39 is 26.6 Å². The van der Waals surface area contributed by atoms with Gasteiger partial charge in [0.1, 0.15) is 13.2 Å². The van der Waals surface area contributed by atoms with Gasteiger partial charge in [-0.1, -0.05) is 236 Å². The van der Waals surface area contributed by atoms with Crippen LogP contribution in [0.5, 0.6) is 0 Å². The van der Waals surface area contributed by atoms with Gasteiger partial charge in [0.05, 0.1) is 39.9 Å². The Morgan fingerprint density at radius 2 is 0.954 bits per heavy atom. The second-order valence-electron chi connectivity index (χ2n) is 19.9. The van der Waals surface area contributed by atoms with Crippen molar-refractivity contribution in [1.82, 2.24) is 5.32 Å². The Bertz CT molecular complexity index is 1200. The van der Waals surface area contributed by atoms with Gasteiger partial charge >= 0.3 is 0 Å². The molecule has 382 valence electrons. The number of phosphoric acid groups is 1. The molecule has 0 aromatic heterocycles. The third-order valence-corrected chi connectivity index (χ3v) is 13.2. The number of aliphatic hydroxyl groups is 1. The Balaban J connectivity index is 4.28. The molecular weight excluding hydrogens is 828 g/mol. The number of unbranched alkanes of at least 4 members (excludes halogenated alkanes) is 31. The fourth-order valence-corrected chi connectivity index (χ4v) is 8.70. The molecule has 0 saturated carbocycles. The number of aliphatic hydroxyl groups excluding tert-OH is 1. The van der Waals surface area contributed by atoms with Crippen LogP contribution in [0.2, 0.25) is 0 Å². The van der Waals surface area contributed by atoms with Gasteiger partial charge in [0, 0.05) is 6.42 Å². The highest BCUT2D eigenvalue weighted by Gasteiger charge is 2.23. The molecular formula is C56H107N2O6P. The maximum Gasteiger partial charge on any atom is 0.268 e. The van der Waals surface area contributed by atoms with Crippen molar-refractivity contribution in [3.63, 3.8) is 0 Å². The molecule has 3 atom stereocenters. The molecule has 8 nitrogen and oxygen atoms in total. The summed E-state index contributed by atoms with van der Waals surface area (Å²) < 4.78 is 23.3. The number of hydrogen-bond acceptors (Lipinski definition) is 6. The van der Waals surface area contributed by atoms with E-state index in [2.05, 4.69) is 55.6 Å². The van der Waals surface area contributed by atoms with Crippen molar-refractivity contribution < 1.29 is 32.9 Å². The first-order chi connectivity index (χ1) is 31.5. The number of rotatable bonds is 50. The van der Waals surface area contributed by atoms with E-state index in [1.165, 1.54) is 180 Å². The summed E-state index contributed by atoms with van der Waals surface area (Å²) in [4.78, 5) is 25.5. The molecule has 0 fully saturated rings. The molecule has 0 aromatic rings. The zero-order chi connectivity index (χ0) is 47.8. The van der Waals surface area contributed by atoms with Crippen molar-refractivity contribution in [2.24, 2.45) is 0 Å². The highest BCUT2D eigenvalue weighted by atomic mass is 31.2. The second kappa shape index (κ2) is 47.5. The van der Waals surface area contributed by atoms with Crippen LogP contribution < -0.4 is 10.2 Å². The van der Waals surface area contributed by atoms with E-state index in [0.717, 1.165) is 51.4 Å². The van der Waals surface area contributed by atoms with Gasteiger partial charge in [0.2, 0.25) is 5.91 Å². The first-order valence-electron chi connectivity index (χ1n) is 27.5. The molecule has 1 amide bonds. The van der Waals surface area contributed by atoms with Crippen molar-refractivity contribution in [1.29, 1.82) is 0 Å². The molecule has 2 N–H and O–H groups in total. The van der Waals surface area contributed by atoms with Crippen molar-refractivity contribution in [3.8, 4) is 0 Å². The van der Waals surface area contributed by atoms with Gasteiger partial charge in [0.15, 0.2) is 0 Å². The molecule has 0 saturated heterocycles. The van der Waals surface area contributed by atoms with Crippen LogP contribution in [0, 0.1) is 0 Å². The van der Waals surface area contributed by atoms with Crippen LogP contribution in [0.4, 0.5) is 0 Å². The summed E-state index contributed by atoms with van der Waals surface area (Å²) in [5.74, 6) is -0.206. The topological polar surface area (TPSA) is 108 Å². The number of nitrogens with zero attached hydrogens (tertiary/aromatic N) is 1. The molecule has 0 spiro atoms. The Kier molecular flexibility index (Phi) is 46.4. The quantitative estimate of drug-likeness (QED) is 0.0272. The van der Waals surface area contributed by atoms with Gasteiger partial charge in [-0.05, 0) is 57.8 Å². The fraction of sp³-hybridized carbons (Fsp3) is 0.839. The van der Waals surface area contributed by atoms with E-state index in [0.29, 0.717) is 17.4 Å². The average molecular weight is 935 g/mol. The van der Waals surface area contributed by atoms with E-state index >= 15 is 0 Å². The van der Waals surface area contributed by atoms with Gasteiger partial charge in [0.25, 0.3) is 7.82 Å². The number of hydrogen-bond donors (Lipinski definition) is 2. The first-order valence-corrected chi connectivity index (χ1v) is 29.0. The first kappa shape index (κ1) is 63.5. The predicted molar refractivity (Wildman–Crippen MR) is 279 cm³/mol. The smallest absolute Gasteiger partial charge is 0.268 e. The summed E-state index contributed by atoms with van der Waals surface area (Å²) in [6, 6.07) is -0.904. The molecule has 0 aromatic carbocycles. The average Bonchev–Trinajstić information content (AvgIpc) is 3.26. The normalized spacial score (nSPS) is 14.4. The largest absolute Gasteiger partial charge is 0.756 e. The number of carbonyl (C=O) groups is 1. The van der Waals surface area contributed by atoms with E-state index in [9.17, 15) is 19.4 Å². The SMILES string of the molecule is CC/C=C\C/C=C\CCCCCCCCCCCCCCCCC(=O)NC(COP(=O)([O-])OCC[N+](C)(C)C)C(O)/C=C/CC/C=C/CCCCCCCCCCCCCCCCCC. The molecule has 0 aliphatic rings. The zero-order valence-electron chi connectivity index (χ0n) is 43.4. The summed E-state index contributed by atoms with van der Waals surface area (Å²) in [5, 5.41) is 13.9. The molecule has 0 aliphatic heterocycles. The number of quaternary nitrogens is 1. The molecule has 3 unspecified atom stereocenters. The van der Waals surface area contributed by atoms with Crippen LogP contribution >= 0.6 is 7.82 Å². The van der Waals surface area contributed by atoms with E-state index in [1.54, 1.807) is 6.08 Å². The van der Waals surface area contributed by atoms with Gasteiger partial charge in [-0.15, -0.1) is 0 Å². The molecule has 0 aliphatic carbocycles. The van der Waals surface area contributed by atoms with Crippen molar-refractivity contribution >= 4 is 13.7 Å².